The molecule has 0 aliphatic heterocycles. The van der Waals surface area contributed by atoms with Crippen LogP contribution in [0.15, 0.2) is 48.5 Å². The standard InChI is InChI=1S/C27H35NO/c1-19(2)21-11-13-23-22(17-21)12-14-24-26(3,15-8-16-27(23,24)4)18-28-25(29)20-9-6-5-7-10-20/h5-7,9-11,13,17,19,24H,8,12,14-16,18H2,1-4H3,(H,28,29)/t24?,26-,27+/m0/s1. The maximum Gasteiger partial charge on any atom is 0.251 e. The van der Waals surface area contributed by atoms with Crippen molar-refractivity contribution < 1.29 is 4.79 Å². The molecular formula is C27H35NO. The summed E-state index contributed by atoms with van der Waals surface area (Å²) in [6.07, 6.45) is 6.08. The Kier molecular flexibility index (Phi) is 5.31. The van der Waals surface area contributed by atoms with Gasteiger partial charge in [0.05, 0.1) is 0 Å². The van der Waals surface area contributed by atoms with E-state index >= 15 is 0 Å². The van der Waals surface area contributed by atoms with Crippen LogP contribution in [0.1, 0.15) is 86.3 Å². The molecule has 29 heavy (non-hydrogen) atoms. The molecule has 4 rings (SSSR count). The topological polar surface area (TPSA) is 29.1 Å². The smallest absolute Gasteiger partial charge is 0.251 e. The van der Waals surface area contributed by atoms with Gasteiger partial charge >= 0.3 is 0 Å². The first kappa shape index (κ1) is 20.2. The molecule has 1 amide bonds. The molecule has 1 N–H and O–H groups in total. The van der Waals surface area contributed by atoms with Crippen LogP contribution < -0.4 is 5.32 Å². The first-order valence-corrected chi connectivity index (χ1v) is 11.3. The largest absolute Gasteiger partial charge is 0.351 e. The van der Waals surface area contributed by atoms with E-state index in [0.29, 0.717) is 11.8 Å². The summed E-state index contributed by atoms with van der Waals surface area (Å²) in [5.74, 6) is 1.24. The van der Waals surface area contributed by atoms with E-state index in [-0.39, 0.29) is 16.7 Å². The molecule has 2 aromatic rings. The molecule has 2 aliphatic rings. The highest BCUT2D eigenvalue weighted by Gasteiger charge is 2.51. The Balaban J connectivity index is 1.57. The lowest BCUT2D eigenvalue weighted by molar-refractivity contribution is 0.0254. The van der Waals surface area contributed by atoms with Gasteiger partial charge in [-0.15, -0.1) is 0 Å². The summed E-state index contributed by atoms with van der Waals surface area (Å²) < 4.78 is 0. The summed E-state index contributed by atoms with van der Waals surface area (Å²) in [7, 11) is 0. The lowest BCUT2D eigenvalue weighted by Crippen LogP contribution is -2.53. The molecule has 0 aromatic heterocycles. The van der Waals surface area contributed by atoms with Gasteiger partial charge in [0.2, 0.25) is 0 Å². The Hall–Kier alpha value is -2.09. The molecule has 0 bridgehead atoms. The number of aryl methyl sites for hydroxylation is 1. The molecule has 1 saturated carbocycles. The molecule has 0 saturated heterocycles. The maximum absolute atomic E-state index is 12.7. The third kappa shape index (κ3) is 3.63. The number of amides is 1. The van der Waals surface area contributed by atoms with Gasteiger partial charge in [0.15, 0.2) is 0 Å². The maximum atomic E-state index is 12.7. The molecule has 2 aliphatic carbocycles. The van der Waals surface area contributed by atoms with Gasteiger partial charge in [0.25, 0.3) is 5.91 Å². The number of nitrogens with one attached hydrogen (secondary N) is 1. The average Bonchev–Trinajstić information content (AvgIpc) is 2.72. The molecule has 2 aromatic carbocycles. The predicted octanol–water partition coefficient (Wildman–Crippen LogP) is 6.25. The monoisotopic (exact) mass is 389 g/mol. The van der Waals surface area contributed by atoms with E-state index in [4.69, 9.17) is 0 Å². The molecule has 0 heterocycles. The molecule has 0 spiro atoms. The summed E-state index contributed by atoms with van der Waals surface area (Å²) in [6.45, 7) is 10.2. The number of fused-ring (bicyclic) bond motifs is 3. The van der Waals surface area contributed by atoms with Crippen LogP contribution in [0, 0.1) is 11.3 Å². The molecule has 154 valence electrons. The summed E-state index contributed by atoms with van der Waals surface area (Å²) in [5, 5.41) is 3.27. The Labute approximate surface area is 176 Å². The van der Waals surface area contributed by atoms with Gasteiger partial charge in [-0.05, 0) is 77.2 Å². The molecule has 0 radical (unpaired) electrons. The van der Waals surface area contributed by atoms with Gasteiger partial charge in [-0.25, -0.2) is 0 Å². The highest BCUT2D eigenvalue weighted by Crippen LogP contribution is 2.57. The summed E-state index contributed by atoms with van der Waals surface area (Å²) >= 11 is 0. The van der Waals surface area contributed by atoms with Crippen molar-refractivity contribution in [2.75, 3.05) is 6.54 Å². The third-order valence-electron chi connectivity index (χ3n) is 7.86. The zero-order valence-electron chi connectivity index (χ0n) is 18.4. The normalized spacial score (nSPS) is 28.5. The van der Waals surface area contributed by atoms with Crippen molar-refractivity contribution in [2.24, 2.45) is 11.3 Å². The minimum Gasteiger partial charge on any atom is -0.351 e. The van der Waals surface area contributed by atoms with Crippen molar-refractivity contribution in [2.45, 2.75) is 71.1 Å². The number of carbonyl (C=O) groups is 1. The van der Waals surface area contributed by atoms with E-state index in [9.17, 15) is 4.79 Å². The Morgan fingerprint density at radius 3 is 2.59 bits per heavy atom. The van der Waals surface area contributed by atoms with Crippen LogP contribution in [0.2, 0.25) is 0 Å². The Morgan fingerprint density at radius 1 is 1.10 bits per heavy atom. The fourth-order valence-electron chi connectivity index (χ4n) is 6.19. The quantitative estimate of drug-likeness (QED) is 0.658. The minimum absolute atomic E-state index is 0.0527. The van der Waals surface area contributed by atoms with Crippen molar-refractivity contribution in [1.29, 1.82) is 0 Å². The lowest BCUT2D eigenvalue weighted by atomic mass is 9.49. The summed E-state index contributed by atoms with van der Waals surface area (Å²) in [4.78, 5) is 12.7. The van der Waals surface area contributed by atoms with Crippen molar-refractivity contribution in [3.63, 3.8) is 0 Å². The van der Waals surface area contributed by atoms with E-state index in [0.717, 1.165) is 12.1 Å². The zero-order valence-corrected chi connectivity index (χ0v) is 18.4. The Bertz CT molecular complexity index is 887. The molecule has 3 atom stereocenters. The van der Waals surface area contributed by atoms with Gasteiger partial charge in [-0.3, -0.25) is 4.79 Å². The van der Waals surface area contributed by atoms with Crippen LogP contribution in [0.5, 0.6) is 0 Å². The first-order chi connectivity index (χ1) is 13.8. The second-order valence-electron chi connectivity index (χ2n) is 10.1. The molecule has 2 nitrogen and oxygen atoms in total. The predicted molar refractivity (Wildman–Crippen MR) is 120 cm³/mol. The third-order valence-corrected chi connectivity index (χ3v) is 7.86. The molecule has 2 heteroatoms. The van der Waals surface area contributed by atoms with Crippen molar-refractivity contribution in [3.05, 3.63) is 70.8 Å². The van der Waals surface area contributed by atoms with Crippen LogP contribution in [-0.4, -0.2) is 12.5 Å². The van der Waals surface area contributed by atoms with Crippen molar-refractivity contribution >= 4 is 5.91 Å². The van der Waals surface area contributed by atoms with Gasteiger partial charge < -0.3 is 5.32 Å². The van der Waals surface area contributed by atoms with Crippen LogP contribution in [0.3, 0.4) is 0 Å². The highest BCUT2D eigenvalue weighted by atomic mass is 16.1. The van der Waals surface area contributed by atoms with Crippen LogP contribution in [0.25, 0.3) is 0 Å². The summed E-state index contributed by atoms with van der Waals surface area (Å²) in [5.41, 5.74) is 5.70. The van der Waals surface area contributed by atoms with Crippen molar-refractivity contribution in [1.82, 2.24) is 5.32 Å². The Morgan fingerprint density at radius 2 is 1.86 bits per heavy atom. The van der Waals surface area contributed by atoms with Crippen LogP contribution in [-0.2, 0) is 11.8 Å². The second-order valence-corrected chi connectivity index (χ2v) is 10.1. The lowest BCUT2D eigenvalue weighted by Gasteiger charge is -2.55. The van der Waals surface area contributed by atoms with Gasteiger partial charge in [-0.2, -0.15) is 0 Å². The van der Waals surface area contributed by atoms with Gasteiger partial charge in [0.1, 0.15) is 0 Å². The van der Waals surface area contributed by atoms with E-state index in [1.807, 2.05) is 30.3 Å². The SMILES string of the molecule is CC(C)c1ccc2c(c1)CCC1[C@](C)(CNC(=O)c3ccccc3)CCC[C@]21C. The number of rotatable bonds is 4. The molecule has 1 fully saturated rings. The van der Waals surface area contributed by atoms with E-state index in [1.165, 1.54) is 37.7 Å². The fraction of sp³-hybridized carbons (Fsp3) is 0.519. The van der Waals surface area contributed by atoms with Crippen LogP contribution in [0.4, 0.5) is 0 Å². The fourth-order valence-corrected chi connectivity index (χ4v) is 6.19. The van der Waals surface area contributed by atoms with Gasteiger partial charge in [-0.1, -0.05) is 70.5 Å². The first-order valence-electron chi connectivity index (χ1n) is 11.3. The van der Waals surface area contributed by atoms with E-state index < -0.39 is 0 Å². The number of carbonyl (C=O) groups excluding carboxylic acids is 1. The molecule has 1 unspecified atom stereocenters. The number of hydrogen-bond acceptors (Lipinski definition) is 1. The van der Waals surface area contributed by atoms with E-state index in [2.05, 4.69) is 51.2 Å². The second kappa shape index (κ2) is 7.63. The summed E-state index contributed by atoms with van der Waals surface area (Å²) in [6, 6.07) is 16.8. The van der Waals surface area contributed by atoms with E-state index in [1.54, 1.807) is 11.1 Å². The minimum atomic E-state index is 0.0527. The van der Waals surface area contributed by atoms with Crippen molar-refractivity contribution in [3.8, 4) is 0 Å². The highest BCUT2D eigenvalue weighted by molar-refractivity contribution is 5.94. The van der Waals surface area contributed by atoms with Crippen LogP contribution >= 0.6 is 0 Å². The molecular weight excluding hydrogens is 354 g/mol. The average molecular weight is 390 g/mol. The van der Waals surface area contributed by atoms with Gasteiger partial charge in [0, 0.05) is 12.1 Å². The zero-order chi connectivity index (χ0) is 20.6. The number of benzene rings is 2. The number of hydrogen-bond donors (Lipinski definition) is 1.